The first-order chi connectivity index (χ1) is 11.8. The number of nitrogens with two attached hydrogens (primary N) is 1. The lowest BCUT2D eigenvalue weighted by molar-refractivity contribution is -0.147. The molecule has 2 fully saturated rings. The van der Waals surface area contributed by atoms with E-state index in [1.807, 2.05) is 12.2 Å². The van der Waals surface area contributed by atoms with E-state index in [4.69, 9.17) is 10.5 Å². The second kappa shape index (κ2) is 5.55. The molecule has 0 aromatic rings. The Morgan fingerprint density at radius 2 is 2.16 bits per heavy atom. The van der Waals surface area contributed by atoms with Crippen LogP contribution in [-0.4, -0.2) is 29.3 Å². The van der Waals surface area contributed by atoms with Crippen LogP contribution < -0.4 is 5.73 Å². The summed E-state index contributed by atoms with van der Waals surface area (Å²) in [5.41, 5.74) is 9.29. The predicted octanol–water partition coefficient (Wildman–Crippen LogP) is 2.88. The molecule has 0 aromatic heterocycles. The van der Waals surface area contributed by atoms with E-state index in [1.54, 1.807) is 0 Å². The summed E-state index contributed by atoms with van der Waals surface area (Å²) in [6, 6.07) is -0.104. The fraction of sp³-hybridized carbons (Fsp3) is 0.667. The highest BCUT2D eigenvalue weighted by Gasteiger charge is 2.58. The molecule has 0 aliphatic heterocycles. The summed E-state index contributed by atoms with van der Waals surface area (Å²) >= 11 is 0. The first-order valence-electron chi connectivity index (χ1n) is 9.47. The fourth-order valence-electron chi connectivity index (χ4n) is 6.00. The predicted molar refractivity (Wildman–Crippen MR) is 96.5 cm³/mol. The van der Waals surface area contributed by atoms with Crippen LogP contribution in [0.5, 0.6) is 0 Å². The van der Waals surface area contributed by atoms with Crippen molar-refractivity contribution in [2.24, 2.45) is 28.4 Å². The van der Waals surface area contributed by atoms with Crippen molar-refractivity contribution >= 4 is 5.97 Å². The number of ether oxygens (including phenoxy) is 1. The van der Waals surface area contributed by atoms with Crippen LogP contribution in [0.2, 0.25) is 0 Å². The van der Waals surface area contributed by atoms with Crippen LogP contribution in [0.25, 0.3) is 0 Å². The summed E-state index contributed by atoms with van der Waals surface area (Å²) in [5, 5.41) is 9.96. The van der Waals surface area contributed by atoms with Gasteiger partial charge in [0.25, 0.3) is 0 Å². The molecule has 25 heavy (non-hydrogen) atoms. The number of fused-ring (bicyclic) bond motifs is 5. The lowest BCUT2D eigenvalue weighted by Gasteiger charge is -2.52. The highest BCUT2D eigenvalue weighted by atomic mass is 16.5. The molecule has 0 heterocycles. The van der Waals surface area contributed by atoms with Crippen LogP contribution in [-0.2, 0) is 9.53 Å². The molecule has 4 heteroatoms. The molecule has 0 aromatic carbocycles. The molecule has 0 spiro atoms. The van der Waals surface area contributed by atoms with Crippen molar-refractivity contribution in [2.75, 3.05) is 0 Å². The fourth-order valence-corrected chi connectivity index (χ4v) is 6.00. The van der Waals surface area contributed by atoms with E-state index < -0.39 is 6.10 Å². The Morgan fingerprint density at radius 1 is 1.40 bits per heavy atom. The minimum Gasteiger partial charge on any atom is -0.461 e. The van der Waals surface area contributed by atoms with Gasteiger partial charge in [-0.1, -0.05) is 42.4 Å². The molecule has 2 saturated carbocycles. The van der Waals surface area contributed by atoms with E-state index in [0.717, 1.165) is 25.7 Å². The summed E-state index contributed by atoms with van der Waals surface area (Å²) in [7, 11) is 0. The number of rotatable bonds is 1. The number of hydrogen-bond acceptors (Lipinski definition) is 4. The largest absolute Gasteiger partial charge is 0.461 e. The SMILES string of the molecule is CC(=O)O[C@@H]1C[C@H]2[C@@H]3CCC4=C[C@@H](O)C=C[C@]4(C)C3=CC[C@]2(C)[C@H]1N. The second-order valence-corrected chi connectivity index (χ2v) is 8.77. The number of carbonyl (C=O) groups excluding carboxylic acids is 1. The standard InChI is InChI=1S/C21H29NO3/c1-12(23)25-18-11-17-15-5-4-13-10-14(24)6-8-20(13,2)16(15)7-9-21(17,3)19(18)22/h6-8,10,14-15,17-19,24H,4-5,9,11,22H2,1-3H3/t14-,15+,17-,18+,19-,20-,21-/m0/s1. The molecular formula is C21H29NO3. The maximum absolute atomic E-state index is 11.5. The van der Waals surface area contributed by atoms with Crippen LogP contribution in [0.3, 0.4) is 0 Å². The monoisotopic (exact) mass is 343 g/mol. The van der Waals surface area contributed by atoms with Crippen molar-refractivity contribution in [2.45, 2.75) is 64.7 Å². The van der Waals surface area contributed by atoms with Gasteiger partial charge in [0.1, 0.15) is 6.10 Å². The Hall–Kier alpha value is -1.39. The molecular weight excluding hydrogens is 314 g/mol. The topological polar surface area (TPSA) is 72.5 Å². The Kier molecular flexibility index (Phi) is 3.79. The van der Waals surface area contributed by atoms with E-state index in [0.29, 0.717) is 11.8 Å². The molecule has 0 unspecified atom stereocenters. The summed E-state index contributed by atoms with van der Waals surface area (Å²) < 4.78 is 5.56. The summed E-state index contributed by atoms with van der Waals surface area (Å²) in [5.74, 6) is 0.693. The molecule has 4 rings (SSSR count). The molecule has 0 bridgehead atoms. The number of carbonyl (C=O) groups is 1. The van der Waals surface area contributed by atoms with Crippen molar-refractivity contribution < 1.29 is 14.6 Å². The molecule has 3 N–H and O–H groups in total. The Bertz CT molecular complexity index is 693. The molecule has 0 amide bonds. The zero-order valence-corrected chi connectivity index (χ0v) is 15.4. The lowest BCUT2D eigenvalue weighted by Crippen LogP contribution is -2.49. The smallest absolute Gasteiger partial charge is 0.302 e. The zero-order valence-electron chi connectivity index (χ0n) is 15.4. The van der Waals surface area contributed by atoms with Gasteiger partial charge in [-0.25, -0.2) is 0 Å². The van der Waals surface area contributed by atoms with Gasteiger partial charge in [-0.05, 0) is 49.9 Å². The molecule has 0 radical (unpaired) electrons. The van der Waals surface area contributed by atoms with Crippen molar-refractivity contribution in [3.8, 4) is 0 Å². The Morgan fingerprint density at radius 3 is 2.88 bits per heavy atom. The van der Waals surface area contributed by atoms with E-state index in [1.165, 1.54) is 18.1 Å². The van der Waals surface area contributed by atoms with Crippen LogP contribution in [0.15, 0.2) is 35.5 Å². The molecule has 0 saturated heterocycles. The minimum absolute atomic E-state index is 0.0102. The van der Waals surface area contributed by atoms with Crippen molar-refractivity contribution in [3.63, 3.8) is 0 Å². The molecule has 7 atom stereocenters. The van der Waals surface area contributed by atoms with Gasteiger partial charge >= 0.3 is 5.97 Å². The first-order valence-corrected chi connectivity index (χ1v) is 9.47. The van der Waals surface area contributed by atoms with E-state index in [2.05, 4.69) is 26.0 Å². The maximum Gasteiger partial charge on any atom is 0.302 e. The van der Waals surface area contributed by atoms with E-state index >= 15 is 0 Å². The van der Waals surface area contributed by atoms with Crippen LogP contribution >= 0.6 is 0 Å². The average Bonchev–Trinajstić information content (AvgIpc) is 2.79. The zero-order chi connectivity index (χ0) is 18.0. The van der Waals surface area contributed by atoms with Crippen LogP contribution in [0, 0.1) is 22.7 Å². The van der Waals surface area contributed by atoms with E-state index in [-0.39, 0.29) is 28.9 Å². The number of hydrogen-bond donors (Lipinski definition) is 2. The highest BCUT2D eigenvalue weighted by Crippen LogP contribution is 2.62. The Labute approximate surface area is 149 Å². The molecule has 136 valence electrons. The van der Waals surface area contributed by atoms with Crippen molar-refractivity contribution in [1.82, 2.24) is 0 Å². The first kappa shape index (κ1) is 17.0. The molecule has 4 aliphatic rings. The van der Waals surface area contributed by atoms with Gasteiger partial charge < -0.3 is 15.6 Å². The van der Waals surface area contributed by atoms with Gasteiger partial charge in [0.15, 0.2) is 0 Å². The number of allylic oxidation sites excluding steroid dienone is 4. The quantitative estimate of drug-likeness (QED) is 0.567. The summed E-state index contributed by atoms with van der Waals surface area (Å²) in [4.78, 5) is 11.5. The van der Waals surface area contributed by atoms with Gasteiger partial charge in [-0.3, -0.25) is 4.79 Å². The van der Waals surface area contributed by atoms with Gasteiger partial charge in [-0.15, -0.1) is 0 Å². The average molecular weight is 343 g/mol. The maximum atomic E-state index is 11.5. The number of esters is 1. The highest BCUT2D eigenvalue weighted by molar-refractivity contribution is 5.66. The van der Waals surface area contributed by atoms with Crippen molar-refractivity contribution in [1.29, 1.82) is 0 Å². The van der Waals surface area contributed by atoms with Gasteiger partial charge in [0.2, 0.25) is 0 Å². The lowest BCUT2D eigenvalue weighted by atomic mass is 9.53. The summed E-state index contributed by atoms with van der Waals surface area (Å²) in [6.07, 6.45) is 11.8. The normalized spacial score (nSPS) is 48.0. The second-order valence-electron chi connectivity index (χ2n) is 8.77. The Balaban J connectivity index is 1.69. The van der Waals surface area contributed by atoms with E-state index in [9.17, 15) is 9.90 Å². The van der Waals surface area contributed by atoms with Crippen LogP contribution in [0.4, 0.5) is 0 Å². The molecule has 4 nitrogen and oxygen atoms in total. The van der Waals surface area contributed by atoms with Crippen molar-refractivity contribution in [3.05, 3.63) is 35.5 Å². The minimum atomic E-state index is -0.456. The third-order valence-electron chi connectivity index (χ3n) is 7.45. The third kappa shape index (κ3) is 2.37. The van der Waals surface area contributed by atoms with Gasteiger partial charge in [-0.2, -0.15) is 0 Å². The van der Waals surface area contributed by atoms with Gasteiger partial charge in [0.05, 0.1) is 6.10 Å². The van der Waals surface area contributed by atoms with Gasteiger partial charge in [0, 0.05) is 18.4 Å². The number of aliphatic hydroxyl groups is 1. The number of aliphatic hydroxyl groups excluding tert-OH is 1. The molecule has 4 aliphatic carbocycles. The summed E-state index contributed by atoms with van der Waals surface area (Å²) in [6.45, 7) is 6.02. The van der Waals surface area contributed by atoms with Crippen LogP contribution in [0.1, 0.15) is 46.5 Å². The third-order valence-corrected chi connectivity index (χ3v) is 7.45.